The minimum Gasteiger partial charge on any atom is -0.493 e. The summed E-state index contributed by atoms with van der Waals surface area (Å²) in [6.45, 7) is 8.12. The Bertz CT molecular complexity index is 2290. The van der Waals surface area contributed by atoms with Gasteiger partial charge in [-0.25, -0.2) is 4.79 Å². The number of ether oxygens (including phenoxy) is 4. The van der Waals surface area contributed by atoms with Crippen LogP contribution in [0, 0.1) is 5.41 Å². The van der Waals surface area contributed by atoms with Gasteiger partial charge in [-0.2, -0.15) is 12.6 Å². The summed E-state index contributed by atoms with van der Waals surface area (Å²) in [5, 5.41) is 5.59. The largest absolute Gasteiger partial charge is 0.493 e. The lowest BCUT2D eigenvalue weighted by Gasteiger charge is -2.36. The number of Topliss-reactive ketones (excluding diaryl/α,β-unsaturated/α-hetero) is 1. The quantitative estimate of drug-likeness (QED) is 0.0449. The maximum absolute atomic E-state index is 14.0. The second-order valence-corrected chi connectivity index (χ2v) is 18.7. The molecule has 3 aromatic rings. The summed E-state index contributed by atoms with van der Waals surface area (Å²) in [4.78, 5) is 96.3. The van der Waals surface area contributed by atoms with Crippen LogP contribution in [-0.4, -0.2) is 127 Å². The number of nitrogens with one attached hydrogen (secondary N) is 2. The summed E-state index contributed by atoms with van der Waals surface area (Å²) in [5.74, 6) is -1.13. The summed E-state index contributed by atoms with van der Waals surface area (Å²) < 4.78 is 23.2. The summed E-state index contributed by atoms with van der Waals surface area (Å²) in [5.41, 5.74) is 1.54. The smallest absolute Gasteiger partial charge is 0.329 e. The minimum absolute atomic E-state index is 0.0939. The summed E-state index contributed by atoms with van der Waals surface area (Å²) >= 11 is 4.45. The number of ketones is 1. The molecule has 0 spiro atoms. The molecular weight excluding hydrogens is 891 g/mol. The number of hydrogen-bond donors (Lipinski definition) is 3. The van der Waals surface area contributed by atoms with E-state index in [0.29, 0.717) is 105 Å². The molecule has 2 fully saturated rings. The number of thiol groups is 1. The fraction of sp³-hybridized carbons (Fsp3) is 0.510. The van der Waals surface area contributed by atoms with Crippen molar-refractivity contribution in [3.05, 3.63) is 83.4 Å². The minimum atomic E-state index is -0.899. The Labute approximate surface area is 405 Å². The van der Waals surface area contributed by atoms with Crippen LogP contribution in [0.2, 0.25) is 0 Å². The third-order valence-corrected chi connectivity index (χ3v) is 13.0. The molecule has 3 aromatic carbocycles. The van der Waals surface area contributed by atoms with Crippen LogP contribution < -0.4 is 24.8 Å². The van der Waals surface area contributed by atoms with Crippen molar-refractivity contribution in [2.75, 3.05) is 59.4 Å². The Balaban J connectivity index is 1.14. The molecule has 68 heavy (non-hydrogen) atoms. The fourth-order valence-electron chi connectivity index (χ4n) is 8.26. The molecule has 2 saturated heterocycles. The highest BCUT2D eigenvalue weighted by atomic mass is 32.1. The highest BCUT2D eigenvalue weighted by molar-refractivity contribution is 7.81. The zero-order valence-corrected chi connectivity index (χ0v) is 41.2. The van der Waals surface area contributed by atoms with E-state index in [1.807, 2.05) is 31.2 Å². The number of esters is 1. The number of aryl methyl sites for hydroxylation is 1. The number of nitrogens with zero attached hydrogens (tertiary/aromatic N) is 3. The zero-order chi connectivity index (χ0) is 49.5. The van der Waals surface area contributed by atoms with Gasteiger partial charge < -0.3 is 44.3 Å². The molecule has 2 aliphatic heterocycles. The third kappa shape index (κ3) is 14.2. The molecule has 5 rings (SSSR count). The number of hydrogen-bond acceptors (Lipinski definition) is 12. The van der Waals surface area contributed by atoms with Gasteiger partial charge in [-0.15, -0.1) is 0 Å². The molecule has 0 aromatic heterocycles. The van der Waals surface area contributed by atoms with Gasteiger partial charge in [0.05, 0.1) is 20.8 Å². The van der Waals surface area contributed by atoms with Crippen molar-refractivity contribution in [3.63, 3.8) is 0 Å². The Morgan fingerprint density at radius 2 is 1.66 bits per heavy atom. The van der Waals surface area contributed by atoms with Crippen molar-refractivity contribution < 1.29 is 52.5 Å². The first-order valence-corrected chi connectivity index (χ1v) is 23.9. The second kappa shape index (κ2) is 24.8. The van der Waals surface area contributed by atoms with E-state index in [1.54, 1.807) is 77.6 Å². The molecule has 2 N–H and O–H groups in total. The highest BCUT2D eigenvalue weighted by Crippen LogP contribution is 2.33. The van der Waals surface area contributed by atoms with Crippen LogP contribution >= 0.6 is 12.6 Å². The van der Waals surface area contributed by atoms with Crippen LogP contribution in [0.1, 0.15) is 107 Å². The predicted molar refractivity (Wildman–Crippen MR) is 260 cm³/mol. The van der Waals surface area contributed by atoms with Crippen LogP contribution in [0.4, 0.5) is 5.69 Å². The highest BCUT2D eigenvalue weighted by Gasteiger charge is 2.41. The number of carbonyl (C=O) groups is 7. The molecule has 0 unspecified atom stereocenters. The SMILES string of the molecule is CCC(C)(C)C(=O)C(=O)N1CCCC[C@H]1C(=O)O[C@H](CCc1ccc(OC)c(OC)c1)c1cccc(OCCNC(=O)CCCN(C)C(=O)c2cccc(NC(=O)[C@@H]3C[C@H](S)CN3C(C)=O)c2)c1. The molecule has 5 amide bonds. The topological polar surface area (TPSA) is 190 Å². The maximum Gasteiger partial charge on any atom is 0.329 e. The van der Waals surface area contributed by atoms with E-state index in [-0.39, 0.29) is 48.5 Å². The van der Waals surface area contributed by atoms with Gasteiger partial charge >= 0.3 is 5.97 Å². The molecule has 0 saturated carbocycles. The van der Waals surface area contributed by atoms with Gasteiger partial charge in [-0.1, -0.05) is 45.0 Å². The number of piperidine rings is 1. The lowest BCUT2D eigenvalue weighted by molar-refractivity contribution is -0.164. The number of benzene rings is 3. The number of anilines is 1. The van der Waals surface area contributed by atoms with E-state index in [4.69, 9.17) is 18.9 Å². The Morgan fingerprint density at radius 3 is 2.38 bits per heavy atom. The molecule has 0 bridgehead atoms. The Morgan fingerprint density at radius 1 is 0.912 bits per heavy atom. The van der Waals surface area contributed by atoms with Gasteiger partial charge in [0.25, 0.3) is 11.8 Å². The van der Waals surface area contributed by atoms with Crippen molar-refractivity contribution in [2.24, 2.45) is 5.41 Å². The first kappa shape index (κ1) is 52.9. The third-order valence-electron chi connectivity index (χ3n) is 12.7. The molecule has 16 nitrogen and oxygen atoms in total. The lowest BCUT2D eigenvalue weighted by Crippen LogP contribution is -2.53. The van der Waals surface area contributed by atoms with Crippen LogP contribution in [-0.2, 0) is 39.9 Å². The van der Waals surface area contributed by atoms with Gasteiger partial charge in [-0.05, 0) is 105 Å². The van der Waals surface area contributed by atoms with Gasteiger partial charge in [-0.3, -0.25) is 28.8 Å². The average Bonchev–Trinajstić information content (AvgIpc) is 3.75. The van der Waals surface area contributed by atoms with Crippen LogP contribution in [0.5, 0.6) is 17.2 Å². The second-order valence-electron chi connectivity index (χ2n) is 18.0. The van der Waals surface area contributed by atoms with Crippen LogP contribution in [0.3, 0.4) is 0 Å². The zero-order valence-electron chi connectivity index (χ0n) is 40.3. The standard InChI is InChI=1S/C51H67N5O11S/c1-8-51(3,4)46(59)49(62)55-26-10-9-18-40(55)50(63)67-42(22-20-34-21-23-43(64-6)44(28-34)65-7)35-14-12-17-38(30-35)66-27-24-52-45(58)19-13-25-54(5)48(61)36-15-11-16-37(29-36)53-47(60)41-31-39(68)32-56(41)33(2)57/h11-12,14-17,21,23,28-30,39-42,68H,8-10,13,18-20,22,24-27,31-32H2,1-7H3,(H,52,58)(H,53,60)/t39-,40-,41-,42+/m0/s1. The fourth-order valence-corrected chi connectivity index (χ4v) is 8.64. The van der Waals surface area contributed by atoms with Crippen molar-refractivity contribution in [1.29, 1.82) is 0 Å². The summed E-state index contributed by atoms with van der Waals surface area (Å²) in [6.07, 6.45) is 3.42. The van der Waals surface area contributed by atoms with Crippen LogP contribution in [0.25, 0.3) is 0 Å². The maximum atomic E-state index is 14.0. The van der Waals surface area contributed by atoms with Gasteiger partial charge in [0.1, 0.15) is 30.5 Å². The number of amides is 5. The molecule has 0 radical (unpaired) electrons. The number of rotatable bonds is 22. The first-order valence-electron chi connectivity index (χ1n) is 23.3. The number of likely N-dealkylation sites (tertiary alicyclic amines) is 2. The van der Waals surface area contributed by atoms with E-state index in [0.717, 1.165) is 5.56 Å². The number of carbonyl (C=O) groups excluding carboxylic acids is 7. The molecule has 2 heterocycles. The Hall–Kier alpha value is -6.10. The normalized spacial score (nSPS) is 17.4. The van der Waals surface area contributed by atoms with Crippen molar-refractivity contribution in [1.82, 2.24) is 20.0 Å². The van der Waals surface area contributed by atoms with E-state index in [2.05, 4.69) is 23.3 Å². The molecule has 17 heteroatoms. The lowest BCUT2D eigenvalue weighted by atomic mass is 9.84. The van der Waals surface area contributed by atoms with Gasteiger partial charge in [0.15, 0.2) is 11.5 Å². The molecular formula is C51H67N5O11S. The van der Waals surface area contributed by atoms with Crippen molar-refractivity contribution >= 4 is 59.6 Å². The molecule has 368 valence electrons. The predicted octanol–water partition coefficient (Wildman–Crippen LogP) is 6.21. The molecule has 0 aliphatic carbocycles. The monoisotopic (exact) mass is 957 g/mol. The first-order chi connectivity index (χ1) is 32.5. The summed E-state index contributed by atoms with van der Waals surface area (Å²) in [7, 11) is 4.77. The number of methoxy groups -OCH3 is 2. The Kier molecular flexibility index (Phi) is 19.3. The van der Waals surface area contributed by atoms with E-state index in [9.17, 15) is 33.6 Å². The van der Waals surface area contributed by atoms with Gasteiger partial charge in [0, 0.05) is 61.9 Å². The summed E-state index contributed by atoms with van der Waals surface area (Å²) in [6, 6.07) is 17.9. The molecule has 2 aliphatic rings. The van der Waals surface area contributed by atoms with E-state index < -0.39 is 41.3 Å². The van der Waals surface area contributed by atoms with Crippen molar-refractivity contribution in [3.8, 4) is 17.2 Å². The van der Waals surface area contributed by atoms with E-state index in [1.165, 1.54) is 21.6 Å². The molecule has 4 atom stereocenters. The van der Waals surface area contributed by atoms with Crippen molar-refractivity contribution in [2.45, 2.75) is 109 Å². The average molecular weight is 958 g/mol. The van der Waals surface area contributed by atoms with E-state index >= 15 is 0 Å². The van der Waals surface area contributed by atoms with Gasteiger partial charge in [0.2, 0.25) is 23.5 Å². The van der Waals surface area contributed by atoms with Crippen LogP contribution in [0.15, 0.2) is 66.7 Å².